The Balaban J connectivity index is 2.50. The standard InChI is InChI=1S/C30H42N4O6/c1-6-7-17-34(28(38)23(14-16-25(31)36)33-29(39)40-30(3,4)5)26(22-13-15-24(35)20(2)18-22)27(37)32-19-21-11-9-8-10-12-21/h8-13,15,18,23,26,35H,6-7,14,16-17,19H2,1-5H3,(H2,31,36)(H,32,37)(H,33,39). The Morgan fingerprint density at radius 1 is 1.07 bits per heavy atom. The number of hydrogen-bond donors (Lipinski definition) is 4. The van der Waals surface area contributed by atoms with Gasteiger partial charge in [-0.05, 0) is 69.4 Å². The molecule has 0 aliphatic heterocycles. The molecule has 10 nitrogen and oxygen atoms in total. The number of benzene rings is 2. The lowest BCUT2D eigenvalue weighted by atomic mass is 9.99. The summed E-state index contributed by atoms with van der Waals surface area (Å²) in [6.45, 7) is 9.20. The Bertz CT molecular complexity index is 1160. The quantitative estimate of drug-likeness (QED) is 0.295. The second kappa shape index (κ2) is 14.9. The van der Waals surface area contributed by atoms with E-state index in [4.69, 9.17) is 10.5 Å². The summed E-state index contributed by atoms with van der Waals surface area (Å²) in [6.07, 6.45) is 0.277. The third-order valence-corrected chi connectivity index (χ3v) is 6.11. The van der Waals surface area contributed by atoms with Crippen molar-refractivity contribution in [3.05, 3.63) is 65.2 Å². The molecule has 218 valence electrons. The van der Waals surface area contributed by atoms with Crippen LogP contribution in [0.1, 0.15) is 76.1 Å². The molecule has 0 saturated carbocycles. The smallest absolute Gasteiger partial charge is 0.408 e. The largest absolute Gasteiger partial charge is 0.508 e. The van der Waals surface area contributed by atoms with E-state index in [0.717, 1.165) is 12.0 Å². The molecule has 0 spiro atoms. The minimum absolute atomic E-state index is 0.0598. The van der Waals surface area contributed by atoms with Crippen LogP contribution in [0.15, 0.2) is 48.5 Å². The molecule has 0 heterocycles. The van der Waals surface area contributed by atoms with Crippen molar-refractivity contribution in [1.82, 2.24) is 15.5 Å². The average molecular weight is 555 g/mol. The molecule has 0 saturated heterocycles. The van der Waals surface area contributed by atoms with Crippen LogP contribution in [0.2, 0.25) is 0 Å². The lowest BCUT2D eigenvalue weighted by molar-refractivity contribution is -0.143. The van der Waals surface area contributed by atoms with E-state index in [0.29, 0.717) is 17.5 Å². The van der Waals surface area contributed by atoms with Crippen LogP contribution in [0.4, 0.5) is 4.79 Å². The normalized spacial score (nSPS) is 12.6. The van der Waals surface area contributed by atoms with E-state index in [1.54, 1.807) is 39.8 Å². The fourth-order valence-electron chi connectivity index (χ4n) is 4.09. The molecule has 2 aromatic rings. The first-order valence-corrected chi connectivity index (χ1v) is 13.5. The minimum atomic E-state index is -1.16. The number of amides is 4. The van der Waals surface area contributed by atoms with E-state index in [1.807, 2.05) is 37.3 Å². The van der Waals surface area contributed by atoms with Gasteiger partial charge in [-0.2, -0.15) is 0 Å². The number of phenols is 1. The average Bonchev–Trinajstić information content (AvgIpc) is 2.88. The molecule has 0 aliphatic carbocycles. The highest BCUT2D eigenvalue weighted by molar-refractivity contribution is 5.92. The van der Waals surface area contributed by atoms with Crippen molar-refractivity contribution in [1.29, 1.82) is 0 Å². The van der Waals surface area contributed by atoms with Crippen LogP contribution in [0.3, 0.4) is 0 Å². The Labute approximate surface area is 236 Å². The number of ether oxygens (including phenoxy) is 1. The van der Waals surface area contributed by atoms with E-state index < -0.39 is 41.5 Å². The molecule has 0 radical (unpaired) electrons. The summed E-state index contributed by atoms with van der Waals surface area (Å²) in [7, 11) is 0. The summed E-state index contributed by atoms with van der Waals surface area (Å²) >= 11 is 0. The van der Waals surface area contributed by atoms with Gasteiger partial charge in [0.2, 0.25) is 17.7 Å². The summed E-state index contributed by atoms with van der Waals surface area (Å²) in [5, 5.41) is 15.6. The van der Waals surface area contributed by atoms with Gasteiger partial charge in [-0.3, -0.25) is 14.4 Å². The fraction of sp³-hybridized carbons (Fsp3) is 0.467. The predicted molar refractivity (Wildman–Crippen MR) is 152 cm³/mol. The third kappa shape index (κ3) is 10.2. The summed E-state index contributed by atoms with van der Waals surface area (Å²) < 4.78 is 5.35. The lowest BCUT2D eigenvalue weighted by Crippen LogP contribution is -2.53. The summed E-state index contributed by atoms with van der Waals surface area (Å²) in [5.74, 6) is -1.55. The maximum Gasteiger partial charge on any atom is 0.408 e. The molecule has 2 atom stereocenters. The van der Waals surface area contributed by atoms with E-state index in [1.165, 1.54) is 11.0 Å². The summed E-state index contributed by atoms with van der Waals surface area (Å²) in [6, 6.07) is 11.9. The first-order valence-electron chi connectivity index (χ1n) is 13.5. The molecule has 2 unspecified atom stereocenters. The zero-order chi connectivity index (χ0) is 29.9. The zero-order valence-corrected chi connectivity index (χ0v) is 24.0. The number of nitrogens with one attached hydrogen (secondary N) is 2. The van der Waals surface area contributed by atoms with Crippen molar-refractivity contribution < 1.29 is 29.0 Å². The predicted octanol–water partition coefficient (Wildman–Crippen LogP) is 3.85. The van der Waals surface area contributed by atoms with Crippen LogP contribution in [-0.2, 0) is 25.7 Å². The number of nitrogens with two attached hydrogens (primary N) is 1. The van der Waals surface area contributed by atoms with Crippen LogP contribution in [0, 0.1) is 6.92 Å². The second-order valence-corrected chi connectivity index (χ2v) is 10.7. The Morgan fingerprint density at radius 2 is 1.75 bits per heavy atom. The summed E-state index contributed by atoms with van der Waals surface area (Å²) in [4.78, 5) is 53.5. The zero-order valence-electron chi connectivity index (χ0n) is 24.0. The molecule has 40 heavy (non-hydrogen) atoms. The van der Waals surface area contributed by atoms with Gasteiger partial charge in [0, 0.05) is 19.5 Å². The van der Waals surface area contributed by atoms with Gasteiger partial charge in [-0.1, -0.05) is 49.7 Å². The number of aryl methyl sites for hydroxylation is 1. The van der Waals surface area contributed by atoms with Crippen LogP contribution < -0.4 is 16.4 Å². The number of carbonyl (C=O) groups is 4. The van der Waals surface area contributed by atoms with Crippen molar-refractivity contribution in [2.45, 2.75) is 84.5 Å². The van der Waals surface area contributed by atoms with Crippen molar-refractivity contribution in [3.63, 3.8) is 0 Å². The maximum absolute atomic E-state index is 14.1. The van der Waals surface area contributed by atoms with Gasteiger partial charge in [-0.25, -0.2) is 4.79 Å². The fourth-order valence-corrected chi connectivity index (χ4v) is 4.09. The number of alkyl carbamates (subject to hydrolysis) is 1. The number of carbonyl (C=O) groups excluding carboxylic acids is 4. The van der Waals surface area contributed by atoms with Gasteiger partial charge in [0.05, 0.1) is 0 Å². The molecule has 5 N–H and O–H groups in total. The van der Waals surface area contributed by atoms with Gasteiger partial charge in [0.15, 0.2) is 0 Å². The molecule has 4 amide bonds. The van der Waals surface area contributed by atoms with Gasteiger partial charge < -0.3 is 31.1 Å². The highest BCUT2D eigenvalue weighted by atomic mass is 16.6. The molecular weight excluding hydrogens is 512 g/mol. The van der Waals surface area contributed by atoms with Gasteiger partial charge in [0.25, 0.3) is 0 Å². The minimum Gasteiger partial charge on any atom is -0.508 e. The monoisotopic (exact) mass is 554 g/mol. The highest BCUT2D eigenvalue weighted by Crippen LogP contribution is 2.28. The van der Waals surface area contributed by atoms with E-state index in [9.17, 15) is 24.3 Å². The van der Waals surface area contributed by atoms with Gasteiger partial charge in [-0.15, -0.1) is 0 Å². The van der Waals surface area contributed by atoms with E-state index in [-0.39, 0.29) is 31.7 Å². The number of unbranched alkanes of at least 4 members (excludes halogenated alkanes) is 1. The SMILES string of the molecule is CCCCN(C(=O)C(CCC(N)=O)NC(=O)OC(C)(C)C)C(C(=O)NCc1ccccc1)c1ccc(O)c(C)c1. The number of phenolic OH excluding ortho intramolecular Hbond substituents is 1. The first kappa shape index (κ1) is 32.1. The molecular formula is C30H42N4O6. The van der Waals surface area contributed by atoms with Gasteiger partial charge in [0.1, 0.15) is 23.4 Å². The molecule has 2 aromatic carbocycles. The maximum atomic E-state index is 14.1. The number of nitrogens with zero attached hydrogens (tertiary/aromatic N) is 1. The first-order chi connectivity index (χ1) is 18.8. The molecule has 10 heteroatoms. The number of aromatic hydroxyl groups is 1. The Hall–Kier alpha value is -4.08. The third-order valence-electron chi connectivity index (χ3n) is 6.11. The number of hydrogen-bond acceptors (Lipinski definition) is 6. The molecule has 0 aliphatic rings. The van der Waals surface area contributed by atoms with Crippen LogP contribution in [-0.4, -0.2) is 52.0 Å². The van der Waals surface area contributed by atoms with Crippen molar-refractivity contribution >= 4 is 23.8 Å². The van der Waals surface area contributed by atoms with Crippen molar-refractivity contribution in [2.75, 3.05) is 6.54 Å². The van der Waals surface area contributed by atoms with E-state index >= 15 is 0 Å². The Kier molecular flexibility index (Phi) is 12.0. The number of rotatable bonds is 13. The molecule has 2 rings (SSSR count). The van der Waals surface area contributed by atoms with Crippen molar-refractivity contribution in [3.8, 4) is 5.75 Å². The second-order valence-electron chi connectivity index (χ2n) is 10.7. The Morgan fingerprint density at radius 3 is 2.33 bits per heavy atom. The topological polar surface area (TPSA) is 151 Å². The summed E-state index contributed by atoms with van der Waals surface area (Å²) in [5.41, 5.74) is 6.47. The van der Waals surface area contributed by atoms with Crippen molar-refractivity contribution in [2.24, 2.45) is 5.73 Å². The van der Waals surface area contributed by atoms with E-state index in [2.05, 4.69) is 10.6 Å². The van der Waals surface area contributed by atoms with Gasteiger partial charge >= 0.3 is 6.09 Å². The van der Waals surface area contributed by atoms with Crippen LogP contribution >= 0.6 is 0 Å². The van der Waals surface area contributed by atoms with Crippen LogP contribution in [0.5, 0.6) is 5.75 Å². The molecule has 0 fully saturated rings. The number of primary amides is 1. The van der Waals surface area contributed by atoms with Crippen LogP contribution in [0.25, 0.3) is 0 Å². The molecule has 0 bridgehead atoms. The molecule has 0 aromatic heterocycles. The highest BCUT2D eigenvalue weighted by Gasteiger charge is 2.36. The lowest BCUT2D eigenvalue weighted by Gasteiger charge is -2.34.